The molecule has 21 heavy (non-hydrogen) atoms. The third-order valence-electron chi connectivity index (χ3n) is 3.97. The molecule has 0 saturated heterocycles. The topological polar surface area (TPSA) is 75.6 Å². The number of benzene rings is 1. The second-order valence-electron chi connectivity index (χ2n) is 5.49. The summed E-state index contributed by atoms with van der Waals surface area (Å²) in [6.07, 6.45) is 1.11. The highest BCUT2D eigenvalue weighted by Crippen LogP contribution is 2.40. The van der Waals surface area contributed by atoms with Crippen LogP contribution in [0.2, 0.25) is 0 Å². The first-order chi connectivity index (χ1) is 9.95. The van der Waals surface area contributed by atoms with Gasteiger partial charge in [0.05, 0.1) is 5.56 Å². The van der Waals surface area contributed by atoms with Crippen molar-refractivity contribution < 1.29 is 19.4 Å². The van der Waals surface area contributed by atoms with Crippen LogP contribution in [0.4, 0.5) is 0 Å². The first kappa shape index (κ1) is 15.4. The zero-order chi connectivity index (χ0) is 15.6. The molecule has 5 heteroatoms. The van der Waals surface area contributed by atoms with Gasteiger partial charge >= 0.3 is 5.97 Å². The van der Waals surface area contributed by atoms with Gasteiger partial charge in [0.15, 0.2) is 0 Å². The standard InChI is InChI=1S/C16H21NO4/c1-4-6-13(16(19)20)17-15(18)12-8-5-7-11-9(2)10(3)21-14(11)12/h5,7-10,13H,4,6H2,1-3H3,(H,17,18)(H,19,20)/t9?,10?,13-/m1/s1. The molecule has 0 spiro atoms. The number of hydrogen-bond donors (Lipinski definition) is 2. The summed E-state index contributed by atoms with van der Waals surface area (Å²) >= 11 is 0. The lowest BCUT2D eigenvalue weighted by Crippen LogP contribution is -2.40. The molecular weight excluding hydrogens is 270 g/mol. The van der Waals surface area contributed by atoms with Gasteiger partial charge in [0.1, 0.15) is 17.9 Å². The zero-order valence-electron chi connectivity index (χ0n) is 12.6. The number of aliphatic carboxylic acids is 1. The molecule has 0 bridgehead atoms. The van der Waals surface area contributed by atoms with Gasteiger partial charge in [-0.05, 0) is 19.4 Å². The van der Waals surface area contributed by atoms with E-state index in [2.05, 4.69) is 12.2 Å². The summed E-state index contributed by atoms with van der Waals surface area (Å²) in [7, 11) is 0. The minimum absolute atomic E-state index is 0.0138. The van der Waals surface area contributed by atoms with E-state index < -0.39 is 17.9 Å². The highest BCUT2D eigenvalue weighted by Gasteiger charge is 2.31. The Labute approximate surface area is 124 Å². The summed E-state index contributed by atoms with van der Waals surface area (Å²) in [5, 5.41) is 11.7. The van der Waals surface area contributed by atoms with Crippen molar-refractivity contribution in [3.63, 3.8) is 0 Å². The Bertz CT molecular complexity index is 555. The fourth-order valence-electron chi connectivity index (χ4n) is 2.55. The number of carbonyl (C=O) groups is 2. The van der Waals surface area contributed by atoms with Crippen LogP contribution < -0.4 is 10.1 Å². The van der Waals surface area contributed by atoms with E-state index >= 15 is 0 Å². The van der Waals surface area contributed by atoms with Crippen LogP contribution in [-0.2, 0) is 4.79 Å². The summed E-state index contributed by atoms with van der Waals surface area (Å²) in [4.78, 5) is 23.5. The van der Waals surface area contributed by atoms with Crippen molar-refractivity contribution in [3.8, 4) is 5.75 Å². The average molecular weight is 291 g/mol. The zero-order valence-corrected chi connectivity index (χ0v) is 12.6. The number of carboxylic acids is 1. The molecular formula is C16H21NO4. The van der Waals surface area contributed by atoms with Gasteiger partial charge in [0.2, 0.25) is 0 Å². The van der Waals surface area contributed by atoms with Gasteiger partial charge in [-0.2, -0.15) is 0 Å². The number of nitrogens with one attached hydrogen (secondary N) is 1. The molecule has 2 rings (SSSR count). The Balaban J connectivity index is 2.23. The van der Waals surface area contributed by atoms with Crippen LogP contribution in [-0.4, -0.2) is 29.1 Å². The molecule has 0 aromatic heterocycles. The van der Waals surface area contributed by atoms with Crippen LogP contribution in [0.1, 0.15) is 55.5 Å². The van der Waals surface area contributed by atoms with Gasteiger partial charge in [-0.1, -0.05) is 32.4 Å². The monoisotopic (exact) mass is 291 g/mol. The molecule has 1 amide bonds. The molecule has 1 aromatic rings. The highest BCUT2D eigenvalue weighted by molar-refractivity contribution is 5.99. The van der Waals surface area contributed by atoms with E-state index in [1.165, 1.54) is 0 Å². The normalized spacial score (nSPS) is 21.3. The SMILES string of the molecule is CCC[C@@H](NC(=O)c1cccc2c1OC(C)C2C)C(=O)O. The Morgan fingerprint density at radius 3 is 2.71 bits per heavy atom. The van der Waals surface area contributed by atoms with Gasteiger partial charge in [-0.25, -0.2) is 4.79 Å². The second-order valence-corrected chi connectivity index (χ2v) is 5.49. The lowest BCUT2D eigenvalue weighted by Gasteiger charge is -2.15. The van der Waals surface area contributed by atoms with Crippen molar-refractivity contribution in [2.45, 2.75) is 51.7 Å². The van der Waals surface area contributed by atoms with Crippen LogP contribution in [0.15, 0.2) is 18.2 Å². The summed E-state index contributed by atoms with van der Waals surface area (Å²) in [6, 6.07) is 4.56. The minimum Gasteiger partial charge on any atom is -0.489 e. The van der Waals surface area contributed by atoms with Crippen molar-refractivity contribution in [2.24, 2.45) is 0 Å². The van der Waals surface area contributed by atoms with Crippen LogP contribution in [0.3, 0.4) is 0 Å². The molecule has 0 aliphatic carbocycles. The number of para-hydroxylation sites is 1. The number of carbonyl (C=O) groups excluding carboxylic acids is 1. The highest BCUT2D eigenvalue weighted by atomic mass is 16.5. The second kappa shape index (κ2) is 6.16. The molecule has 2 unspecified atom stereocenters. The van der Waals surface area contributed by atoms with Gasteiger partial charge in [0.25, 0.3) is 5.91 Å². The number of amides is 1. The lowest BCUT2D eigenvalue weighted by molar-refractivity contribution is -0.139. The van der Waals surface area contributed by atoms with Crippen LogP contribution in [0.25, 0.3) is 0 Å². The van der Waals surface area contributed by atoms with Crippen molar-refractivity contribution in [2.75, 3.05) is 0 Å². The van der Waals surface area contributed by atoms with Crippen LogP contribution >= 0.6 is 0 Å². The molecule has 1 aliphatic heterocycles. The van der Waals surface area contributed by atoms with Crippen LogP contribution in [0, 0.1) is 0 Å². The molecule has 0 saturated carbocycles. The Morgan fingerprint density at radius 1 is 1.38 bits per heavy atom. The van der Waals surface area contributed by atoms with E-state index in [9.17, 15) is 9.59 Å². The number of carboxylic acid groups (broad SMARTS) is 1. The number of hydrogen-bond acceptors (Lipinski definition) is 3. The third-order valence-corrected chi connectivity index (χ3v) is 3.97. The van der Waals surface area contributed by atoms with E-state index in [0.29, 0.717) is 24.2 Å². The molecule has 1 heterocycles. The molecule has 0 fully saturated rings. The smallest absolute Gasteiger partial charge is 0.326 e. The van der Waals surface area contributed by atoms with E-state index in [0.717, 1.165) is 5.56 Å². The number of rotatable bonds is 5. The predicted molar refractivity (Wildman–Crippen MR) is 78.7 cm³/mol. The summed E-state index contributed by atoms with van der Waals surface area (Å²) in [5.41, 5.74) is 1.41. The van der Waals surface area contributed by atoms with E-state index in [1.54, 1.807) is 12.1 Å². The summed E-state index contributed by atoms with van der Waals surface area (Å²) in [6.45, 7) is 5.90. The summed E-state index contributed by atoms with van der Waals surface area (Å²) in [5.74, 6) is -0.608. The molecule has 2 N–H and O–H groups in total. The van der Waals surface area contributed by atoms with Crippen molar-refractivity contribution >= 4 is 11.9 Å². The maximum Gasteiger partial charge on any atom is 0.326 e. The average Bonchev–Trinajstić information content (AvgIpc) is 2.73. The molecule has 5 nitrogen and oxygen atoms in total. The van der Waals surface area contributed by atoms with Crippen molar-refractivity contribution in [1.82, 2.24) is 5.32 Å². The molecule has 0 radical (unpaired) electrons. The van der Waals surface area contributed by atoms with Gasteiger partial charge in [-0.15, -0.1) is 0 Å². The molecule has 114 valence electrons. The third kappa shape index (κ3) is 3.01. The molecule has 1 aliphatic rings. The fourth-order valence-corrected chi connectivity index (χ4v) is 2.55. The van der Waals surface area contributed by atoms with E-state index in [4.69, 9.17) is 9.84 Å². The van der Waals surface area contributed by atoms with E-state index in [1.807, 2.05) is 19.9 Å². The lowest BCUT2D eigenvalue weighted by atomic mass is 9.96. The fraction of sp³-hybridized carbons (Fsp3) is 0.500. The first-order valence-corrected chi connectivity index (χ1v) is 7.29. The maximum absolute atomic E-state index is 12.4. The molecule has 1 aromatic carbocycles. The Morgan fingerprint density at radius 2 is 2.10 bits per heavy atom. The van der Waals surface area contributed by atoms with Crippen molar-refractivity contribution in [3.05, 3.63) is 29.3 Å². The number of fused-ring (bicyclic) bond motifs is 1. The van der Waals surface area contributed by atoms with Gasteiger partial charge < -0.3 is 15.2 Å². The molecule has 3 atom stereocenters. The quantitative estimate of drug-likeness (QED) is 0.874. The predicted octanol–water partition coefficient (Wildman–Crippen LogP) is 2.55. The first-order valence-electron chi connectivity index (χ1n) is 7.29. The summed E-state index contributed by atoms with van der Waals surface area (Å²) < 4.78 is 5.77. The Hall–Kier alpha value is -2.04. The van der Waals surface area contributed by atoms with Gasteiger partial charge in [-0.3, -0.25) is 4.79 Å². The maximum atomic E-state index is 12.4. The largest absolute Gasteiger partial charge is 0.489 e. The van der Waals surface area contributed by atoms with Crippen molar-refractivity contribution in [1.29, 1.82) is 0 Å². The number of ether oxygens (including phenoxy) is 1. The van der Waals surface area contributed by atoms with Crippen LogP contribution in [0.5, 0.6) is 5.75 Å². The minimum atomic E-state index is -1.01. The van der Waals surface area contributed by atoms with Gasteiger partial charge in [0, 0.05) is 11.5 Å². The van der Waals surface area contributed by atoms with E-state index in [-0.39, 0.29) is 12.0 Å². The Kier molecular flexibility index (Phi) is 4.50.